The zero-order chi connectivity index (χ0) is 17.8. The van der Waals surface area contributed by atoms with Gasteiger partial charge in [0.05, 0.1) is 5.56 Å². The normalized spacial score (nSPS) is 14.4. The van der Waals surface area contributed by atoms with Gasteiger partial charge in [-0.15, -0.1) is 0 Å². The standard InChI is InChI=1S/C15H17F4NO3/c1-8(2)7-11(14(22)23)20-13(21)12(16)9-3-5-10(6-4-9)15(17,18)19/h3-6,8,11-12H,7H2,1-2H3,(H,20,21)(H,22,23). The van der Waals surface area contributed by atoms with Crippen molar-refractivity contribution in [3.8, 4) is 0 Å². The molecule has 128 valence electrons. The molecule has 0 aliphatic heterocycles. The Morgan fingerprint density at radius 1 is 1.17 bits per heavy atom. The van der Waals surface area contributed by atoms with Crippen molar-refractivity contribution in [1.29, 1.82) is 0 Å². The van der Waals surface area contributed by atoms with Crippen LogP contribution in [0.3, 0.4) is 0 Å². The fourth-order valence-electron chi connectivity index (χ4n) is 1.93. The first-order valence-corrected chi connectivity index (χ1v) is 6.86. The average molecular weight is 335 g/mol. The van der Waals surface area contributed by atoms with E-state index in [0.717, 1.165) is 12.1 Å². The minimum Gasteiger partial charge on any atom is -0.480 e. The molecule has 0 aliphatic carbocycles. The zero-order valence-corrected chi connectivity index (χ0v) is 12.5. The summed E-state index contributed by atoms with van der Waals surface area (Å²) in [4.78, 5) is 22.8. The summed E-state index contributed by atoms with van der Waals surface area (Å²) >= 11 is 0. The third-order valence-electron chi connectivity index (χ3n) is 3.08. The number of carbonyl (C=O) groups is 2. The number of hydrogen-bond acceptors (Lipinski definition) is 2. The largest absolute Gasteiger partial charge is 0.480 e. The van der Waals surface area contributed by atoms with E-state index in [4.69, 9.17) is 5.11 Å². The van der Waals surface area contributed by atoms with Crippen molar-refractivity contribution in [2.24, 2.45) is 5.92 Å². The molecule has 1 aromatic carbocycles. The molecule has 1 aromatic rings. The number of aliphatic carboxylic acids is 1. The highest BCUT2D eigenvalue weighted by Gasteiger charge is 2.31. The summed E-state index contributed by atoms with van der Waals surface area (Å²) < 4.78 is 51.3. The molecule has 2 N–H and O–H groups in total. The highest BCUT2D eigenvalue weighted by Crippen LogP contribution is 2.30. The van der Waals surface area contributed by atoms with Gasteiger partial charge in [0.15, 0.2) is 0 Å². The summed E-state index contributed by atoms with van der Waals surface area (Å²) in [7, 11) is 0. The molecule has 1 amide bonds. The first-order chi connectivity index (χ1) is 10.5. The van der Waals surface area contributed by atoms with Crippen LogP contribution in [0.5, 0.6) is 0 Å². The summed E-state index contributed by atoms with van der Waals surface area (Å²) in [6, 6.07) is 1.78. The number of amides is 1. The van der Waals surface area contributed by atoms with E-state index in [-0.39, 0.29) is 17.9 Å². The van der Waals surface area contributed by atoms with Crippen LogP contribution >= 0.6 is 0 Å². The lowest BCUT2D eigenvalue weighted by atomic mass is 10.0. The van der Waals surface area contributed by atoms with Crippen molar-refractivity contribution in [1.82, 2.24) is 5.32 Å². The molecule has 0 aromatic heterocycles. The van der Waals surface area contributed by atoms with Crippen LogP contribution in [0.15, 0.2) is 24.3 Å². The predicted molar refractivity (Wildman–Crippen MR) is 74.3 cm³/mol. The van der Waals surface area contributed by atoms with Crippen LogP contribution in [0.25, 0.3) is 0 Å². The fourth-order valence-corrected chi connectivity index (χ4v) is 1.93. The molecule has 0 fully saturated rings. The first-order valence-electron chi connectivity index (χ1n) is 6.86. The Morgan fingerprint density at radius 2 is 1.70 bits per heavy atom. The topological polar surface area (TPSA) is 66.4 Å². The first kappa shape index (κ1) is 18.9. The van der Waals surface area contributed by atoms with E-state index in [1.165, 1.54) is 0 Å². The van der Waals surface area contributed by atoms with Gasteiger partial charge in [-0.1, -0.05) is 26.0 Å². The van der Waals surface area contributed by atoms with Gasteiger partial charge in [0.2, 0.25) is 6.17 Å². The molecule has 2 unspecified atom stereocenters. The number of rotatable bonds is 6. The van der Waals surface area contributed by atoms with Crippen molar-refractivity contribution in [2.75, 3.05) is 0 Å². The number of carboxylic acids is 1. The van der Waals surface area contributed by atoms with Crippen LogP contribution in [0.1, 0.15) is 37.6 Å². The second kappa shape index (κ2) is 7.43. The number of hydrogen-bond donors (Lipinski definition) is 2. The molecule has 2 atom stereocenters. The lowest BCUT2D eigenvalue weighted by Crippen LogP contribution is -2.43. The van der Waals surface area contributed by atoms with Gasteiger partial charge in [0.1, 0.15) is 6.04 Å². The van der Waals surface area contributed by atoms with Gasteiger partial charge in [0, 0.05) is 0 Å². The summed E-state index contributed by atoms with van der Waals surface area (Å²) in [6.45, 7) is 3.48. The number of halogens is 4. The van der Waals surface area contributed by atoms with E-state index in [2.05, 4.69) is 5.32 Å². The highest BCUT2D eigenvalue weighted by molar-refractivity contribution is 5.87. The fraction of sp³-hybridized carbons (Fsp3) is 0.467. The van der Waals surface area contributed by atoms with Crippen LogP contribution in [0, 0.1) is 5.92 Å². The zero-order valence-electron chi connectivity index (χ0n) is 12.5. The second-order valence-electron chi connectivity index (χ2n) is 5.51. The molecule has 0 saturated heterocycles. The van der Waals surface area contributed by atoms with Gasteiger partial charge in [-0.3, -0.25) is 4.79 Å². The van der Waals surface area contributed by atoms with Crippen LogP contribution in [0.4, 0.5) is 17.6 Å². The predicted octanol–water partition coefficient (Wildman–Crippen LogP) is 3.33. The SMILES string of the molecule is CC(C)CC(NC(=O)C(F)c1ccc(C(F)(F)F)cc1)C(=O)O. The molecular weight excluding hydrogens is 318 g/mol. The maximum absolute atomic E-state index is 14.0. The molecular formula is C15H17F4NO3. The summed E-state index contributed by atoms with van der Waals surface area (Å²) in [5, 5.41) is 11.0. The van der Waals surface area contributed by atoms with Crippen molar-refractivity contribution in [3.05, 3.63) is 35.4 Å². The van der Waals surface area contributed by atoms with Gasteiger partial charge in [-0.05, 0) is 30.0 Å². The van der Waals surface area contributed by atoms with Crippen LogP contribution < -0.4 is 5.32 Å². The van der Waals surface area contributed by atoms with Crippen LogP contribution in [-0.2, 0) is 15.8 Å². The number of benzene rings is 1. The Balaban J connectivity index is 2.81. The van der Waals surface area contributed by atoms with Crippen molar-refractivity contribution >= 4 is 11.9 Å². The average Bonchev–Trinajstić information content (AvgIpc) is 2.44. The van der Waals surface area contributed by atoms with Gasteiger partial charge in [-0.2, -0.15) is 13.2 Å². The lowest BCUT2D eigenvalue weighted by molar-refractivity contribution is -0.143. The Labute approximate surface area is 130 Å². The number of carboxylic acid groups (broad SMARTS) is 1. The lowest BCUT2D eigenvalue weighted by Gasteiger charge is -2.18. The van der Waals surface area contributed by atoms with Crippen LogP contribution in [0.2, 0.25) is 0 Å². The molecule has 0 aliphatic rings. The molecule has 0 radical (unpaired) electrons. The molecule has 0 heterocycles. The van der Waals surface area contributed by atoms with Gasteiger partial charge >= 0.3 is 12.1 Å². The van der Waals surface area contributed by atoms with E-state index in [1.807, 2.05) is 0 Å². The van der Waals surface area contributed by atoms with E-state index < -0.39 is 35.8 Å². The smallest absolute Gasteiger partial charge is 0.416 e. The number of carbonyl (C=O) groups excluding carboxylic acids is 1. The van der Waals surface area contributed by atoms with E-state index in [0.29, 0.717) is 12.1 Å². The third-order valence-corrected chi connectivity index (χ3v) is 3.08. The quantitative estimate of drug-likeness (QED) is 0.784. The van der Waals surface area contributed by atoms with E-state index in [1.54, 1.807) is 13.8 Å². The van der Waals surface area contributed by atoms with Gasteiger partial charge < -0.3 is 10.4 Å². The van der Waals surface area contributed by atoms with Crippen molar-refractivity contribution in [3.63, 3.8) is 0 Å². The second-order valence-corrected chi connectivity index (χ2v) is 5.51. The molecule has 23 heavy (non-hydrogen) atoms. The number of nitrogens with one attached hydrogen (secondary N) is 1. The maximum atomic E-state index is 14.0. The molecule has 1 rings (SSSR count). The Hall–Kier alpha value is -2.12. The Morgan fingerprint density at radius 3 is 2.09 bits per heavy atom. The monoisotopic (exact) mass is 335 g/mol. The highest BCUT2D eigenvalue weighted by atomic mass is 19.4. The summed E-state index contributed by atoms with van der Waals surface area (Å²) in [5.41, 5.74) is -1.23. The van der Waals surface area contributed by atoms with E-state index in [9.17, 15) is 27.2 Å². The Kier molecular flexibility index (Phi) is 6.12. The summed E-state index contributed by atoms with van der Waals surface area (Å²) in [6.07, 6.45) is -6.69. The third kappa shape index (κ3) is 5.54. The van der Waals surface area contributed by atoms with Crippen molar-refractivity contribution < 1.29 is 32.3 Å². The van der Waals surface area contributed by atoms with Crippen molar-refractivity contribution in [2.45, 2.75) is 38.7 Å². The maximum Gasteiger partial charge on any atom is 0.416 e. The van der Waals surface area contributed by atoms with Crippen LogP contribution in [-0.4, -0.2) is 23.0 Å². The molecule has 4 nitrogen and oxygen atoms in total. The number of alkyl halides is 4. The Bertz CT molecular complexity index is 555. The van der Waals surface area contributed by atoms with Gasteiger partial charge in [-0.25, -0.2) is 9.18 Å². The minimum atomic E-state index is -4.56. The molecule has 0 saturated carbocycles. The minimum absolute atomic E-state index is 0.0412. The van der Waals surface area contributed by atoms with E-state index >= 15 is 0 Å². The molecule has 8 heteroatoms. The molecule has 0 spiro atoms. The molecule has 0 bridgehead atoms. The summed E-state index contributed by atoms with van der Waals surface area (Å²) in [5.74, 6) is -2.54. The van der Waals surface area contributed by atoms with Gasteiger partial charge in [0.25, 0.3) is 5.91 Å².